The molecule has 1 aromatic carbocycles. The highest BCUT2D eigenvalue weighted by atomic mass is 16.5. The fraction of sp³-hybridized carbons (Fsp3) is 0.524. The van der Waals surface area contributed by atoms with Crippen molar-refractivity contribution in [2.24, 2.45) is 5.92 Å². The highest BCUT2D eigenvalue weighted by Gasteiger charge is 2.21. The summed E-state index contributed by atoms with van der Waals surface area (Å²) in [6.45, 7) is 6.70. The van der Waals surface area contributed by atoms with Gasteiger partial charge in [-0.25, -0.2) is 4.79 Å². The molecule has 0 bridgehead atoms. The Kier molecular flexibility index (Phi) is 10.0. The lowest BCUT2D eigenvalue weighted by atomic mass is 10.0. The van der Waals surface area contributed by atoms with Crippen LogP contribution in [0.2, 0.25) is 0 Å². The second-order valence-electron chi connectivity index (χ2n) is 6.66. The van der Waals surface area contributed by atoms with Crippen LogP contribution in [0.5, 0.6) is 11.5 Å². The predicted molar refractivity (Wildman–Crippen MR) is 106 cm³/mol. The molecule has 0 aromatic heterocycles. The number of hydrogen-bond donors (Lipinski definition) is 1. The van der Waals surface area contributed by atoms with Gasteiger partial charge in [-0.3, -0.25) is 4.79 Å². The molecule has 1 atom stereocenters. The summed E-state index contributed by atoms with van der Waals surface area (Å²) in [6.07, 6.45) is 5.61. The average molecular weight is 377 g/mol. The van der Waals surface area contributed by atoms with Crippen molar-refractivity contribution in [3.05, 3.63) is 29.8 Å². The number of benzene rings is 1. The van der Waals surface area contributed by atoms with Crippen LogP contribution in [0.15, 0.2) is 24.3 Å². The standard InChI is InChI=1S/C21H31NO5/c1-6-7-12-27-18-10-8-16(14-19(18)25-4)9-11-20(23)22-17(13-15(2)3)21(24)26-5/h8-11,14-15,17H,6-7,12-13H2,1-5H3,(H,22,23)/b11-9+/t17-/m1/s1. The summed E-state index contributed by atoms with van der Waals surface area (Å²) in [4.78, 5) is 24.0. The zero-order chi connectivity index (χ0) is 20.2. The summed E-state index contributed by atoms with van der Waals surface area (Å²) in [7, 11) is 2.89. The molecule has 0 unspecified atom stereocenters. The molecule has 0 aliphatic rings. The van der Waals surface area contributed by atoms with E-state index in [2.05, 4.69) is 12.2 Å². The van der Waals surface area contributed by atoms with Gasteiger partial charge in [0, 0.05) is 6.08 Å². The second-order valence-corrected chi connectivity index (χ2v) is 6.66. The number of carbonyl (C=O) groups is 2. The van der Waals surface area contributed by atoms with E-state index in [-0.39, 0.29) is 11.8 Å². The van der Waals surface area contributed by atoms with Crippen molar-refractivity contribution in [2.45, 2.75) is 46.1 Å². The van der Waals surface area contributed by atoms with Gasteiger partial charge in [0.25, 0.3) is 0 Å². The first-order chi connectivity index (χ1) is 12.9. The molecule has 6 heteroatoms. The highest BCUT2D eigenvalue weighted by molar-refractivity contribution is 5.94. The number of nitrogens with one attached hydrogen (secondary N) is 1. The molecule has 0 saturated carbocycles. The van der Waals surface area contributed by atoms with Gasteiger partial charge in [-0.1, -0.05) is 33.3 Å². The normalized spacial score (nSPS) is 12.1. The molecule has 27 heavy (non-hydrogen) atoms. The van der Waals surface area contributed by atoms with E-state index in [1.165, 1.54) is 13.2 Å². The van der Waals surface area contributed by atoms with Crippen molar-refractivity contribution >= 4 is 18.0 Å². The first-order valence-corrected chi connectivity index (χ1v) is 9.28. The van der Waals surface area contributed by atoms with Crippen LogP contribution in [-0.2, 0) is 14.3 Å². The van der Waals surface area contributed by atoms with Crippen molar-refractivity contribution in [2.75, 3.05) is 20.8 Å². The van der Waals surface area contributed by atoms with Crippen LogP contribution in [0, 0.1) is 5.92 Å². The van der Waals surface area contributed by atoms with Crippen LogP contribution in [0.3, 0.4) is 0 Å². The van der Waals surface area contributed by atoms with Gasteiger partial charge >= 0.3 is 5.97 Å². The fourth-order valence-corrected chi connectivity index (χ4v) is 2.45. The molecule has 1 rings (SSSR count). The van der Waals surface area contributed by atoms with Gasteiger partial charge in [-0.05, 0) is 42.5 Å². The monoisotopic (exact) mass is 377 g/mol. The number of carbonyl (C=O) groups excluding carboxylic acids is 2. The molecular formula is C21H31NO5. The van der Waals surface area contributed by atoms with Gasteiger partial charge < -0.3 is 19.5 Å². The smallest absolute Gasteiger partial charge is 0.328 e. The van der Waals surface area contributed by atoms with Gasteiger partial charge in [0.05, 0.1) is 20.8 Å². The second kappa shape index (κ2) is 12.0. The molecule has 0 aliphatic heterocycles. The molecule has 0 heterocycles. The summed E-state index contributed by atoms with van der Waals surface area (Å²) in [5, 5.41) is 2.69. The minimum absolute atomic E-state index is 0.253. The minimum atomic E-state index is -0.656. The minimum Gasteiger partial charge on any atom is -0.493 e. The lowest BCUT2D eigenvalue weighted by Crippen LogP contribution is -2.41. The Morgan fingerprint density at radius 1 is 1.19 bits per heavy atom. The van der Waals surface area contributed by atoms with Crippen molar-refractivity contribution in [3.8, 4) is 11.5 Å². The molecule has 0 radical (unpaired) electrons. The third-order valence-corrected chi connectivity index (χ3v) is 3.88. The first kappa shape index (κ1) is 22.5. The summed E-state index contributed by atoms with van der Waals surface area (Å²) >= 11 is 0. The summed E-state index contributed by atoms with van der Waals surface area (Å²) in [6, 6.07) is 4.81. The Morgan fingerprint density at radius 2 is 1.93 bits per heavy atom. The van der Waals surface area contributed by atoms with Crippen molar-refractivity contribution in [1.82, 2.24) is 5.32 Å². The maximum atomic E-state index is 12.2. The number of unbranched alkanes of at least 4 members (excludes halogenated alkanes) is 1. The van der Waals surface area contributed by atoms with E-state index in [9.17, 15) is 9.59 Å². The van der Waals surface area contributed by atoms with E-state index in [0.29, 0.717) is 24.5 Å². The topological polar surface area (TPSA) is 73.9 Å². The molecule has 1 N–H and O–H groups in total. The Hall–Kier alpha value is -2.50. The summed E-state index contributed by atoms with van der Waals surface area (Å²) in [5.74, 6) is 0.744. The molecule has 0 aliphatic carbocycles. The Labute approximate surface area is 161 Å². The predicted octanol–water partition coefficient (Wildman–Crippen LogP) is 3.59. The molecule has 0 spiro atoms. The first-order valence-electron chi connectivity index (χ1n) is 9.28. The lowest BCUT2D eigenvalue weighted by molar-refractivity contribution is -0.145. The van der Waals surface area contributed by atoms with E-state index < -0.39 is 12.0 Å². The SMILES string of the molecule is CCCCOc1ccc(/C=C/C(=O)N[C@H](CC(C)C)C(=O)OC)cc1OC. The molecule has 0 saturated heterocycles. The fourth-order valence-electron chi connectivity index (χ4n) is 2.45. The highest BCUT2D eigenvalue weighted by Crippen LogP contribution is 2.28. The van der Waals surface area contributed by atoms with Crippen LogP contribution in [0.1, 0.15) is 45.6 Å². The zero-order valence-electron chi connectivity index (χ0n) is 16.9. The number of ether oxygens (including phenoxy) is 3. The molecule has 1 amide bonds. The Bertz CT molecular complexity index is 639. The van der Waals surface area contributed by atoms with Crippen LogP contribution < -0.4 is 14.8 Å². The van der Waals surface area contributed by atoms with E-state index in [1.807, 2.05) is 26.0 Å². The van der Waals surface area contributed by atoms with Crippen LogP contribution in [0.25, 0.3) is 6.08 Å². The number of hydrogen-bond acceptors (Lipinski definition) is 5. The van der Waals surface area contributed by atoms with E-state index in [1.54, 1.807) is 19.3 Å². The van der Waals surface area contributed by atoms with Gasteiger partial charge in [-0.15, -0.1) is 0 Å². The zero-order valence-corrected chi connectivity index (χ0v) is 16.9. The maximum absolute atomic E-state index is 12.2. The Morgan fingerprint density at radius 3 is 2.52 bits per heavy atom. The van der Waals surface area contributed by atoms with Gasteiger partial charge in [-0.2, -0.15) is 0 Å². The van der Waals surface area contributed by atoms with E-state index in [4.69, 9.17) is 14.2 Å². The quantitative estimate of drug-likeness (QED) is 0.362. The van der Waals surface area contributed by atoms with Crippen molar-refractivity contribution in [3.63, 3.8) is 0 Å². The largest absolute Gasteiger partial charge is 0.493 e. The molecule has 1 aromatic rings. The third kappa shape index (κ3) is 8.15. The molecule has 150 valence electrons. The van der Waals surface area contributed by atoms with Gasteiger partial charge in [0.2, 0.25) is 5.91 Å². The number of amides is 1. The maximum Gasteiger partial charge on any atom is 0.328 e. The van der Waals surface area contributed by atoms with E-state index in [0.717, 1.165) is 18.4 Å². The molecule has 0 fully saturated rings. The van der Waals surface area contributed by atoms with Crippen LogP contribution in [0.4, 0.5) is 0 Å². The summed E-state index contributed by atoms with van der Waals surface area (Å²) in [5.41, 5.74) is 0.795. The number of rotatable bonds is 11. The molecular weight excluding hydrogens is 346 g/mol. The molecule has 6 nitrogen and oxygen atoms in total. The van der Waals surface area contributed by atoms with Crippen molar-refractivity contribution in [1.29, 1.82) is 0 Å². The third-order valence-electron chi connectivity index (χ3n) is 3.88. The number of methoxy groups -OCH3 is 2. The van der Waals surface area contributed by atoms with Gasteiger partial charge in [0.15, 0.2) is 11.5 Å². The average Bonchev–Trinajstić information content (AvgIpc) is 2.65. The van der Waals surface area contributed by atoms with Gasteiger partial charge in [0.1, 0.15) is 6.04 Å². The van der Waals surface area contributed by atoms with E-state index >= 15 is 0 Å². The van der Waals surface area contributed by atoms with Crippen LogP contribution in [-0.4, -0.2) is 38.7 Å². The van der Waals surface area contributed by atoms with Crippen molar-refractivity contribution < 1.29 is 23.8 Å². The summed E-state index contributed by atoms with van der Waals surface area (Å²) < 4.78 is 15.8. The Balaban J connectivity index is 2.76. The lowest BCUT2D eigenvalue weighted by Gasteiger charge is -2.17. The number of esters is 1. The van der Waals surface area contributed by atoms with Crippen LogP contribution >= 0.6 is 0 Å².